The Bertz CT molecular complexity index is 724. The molecule has 0 heterocycles. The van der Waals surface area contributed by atoms with E-state index < -0.39 is 13.9 Å². The van der Waals surface area contributed by atoms with Crippen LogP contribution in [-0.4, -0.2) is 82.5 Å². The molecule has 35 heavy (non-hydrogen) atoms. The number of phosphoric ester groups is 1. The van der Waals surface area contributed by atoms with E-state index in [1.54, 1.807) is 0 Å². The number of rotatable bonds is 22. The van der Waals surface area contributed by atoms with E-state index in [1.807, 2.05) is 51.5 Å². The lowest BCUT2D eigenvalue weighted by Crippen LogP contribution is -2.37. The molecule has 0 bridgehead atoms. The minimum atomic E-state index is -4.10. The van der Waals surface area contributed by atoms with Crippen molar-refractivity contribution in [2.24, 2.45) is 0 Å². The molecule has 0 amide bonds. The van der Waals surface area contributed by atoms with Crippen LogP contribution in [-0.2, 0) is 23.1 Å². The fourth-order valence-electron chi connectivity index (χ4n) is 3.36. The van der Waals surface area contributed by atoms with E-state index in [2.05, 4.69) is 0 Å². The van der Waals surface area contributed by atoms with Crippen LogP contribution in [0.2, 0.25) is 0 Å². The van der Waals surface area contributed by atoms with Crippen LogP contribution in [0.3, 0.4) is 0 Å². The van der Waals surface area contributed by atoms with Gasteiger partial charge in [0.15, 0.2) is 5.78 Å². The van der Waals surface area contributed by atoms with Gasteiger partial charge in [0, 0.05) is 25.7 Å². The first kappa shape index (κ1) is 31.9. The van der Waals surface area contributed by atoms with Crippen molar-refractivity contribution in [1.82, 2.24) is 0 Å². The predicted molar refractivity (Wildman–Crippen MR) is 139 cm³/mol. The van der Waals surface area contributed by atoms with Crippen LogP contribution < -0.4 is 0 Å². The molecule has 0 radical (unpaired) electrons. The summed E-state index contributed by atoms with van der Waals surface area (Å²) in [6.45, 7) is 1.60. The Balaban J connectivity index is 1.96. The maximum Gasteiger partial charge on any atom is 0.472 e. The minimum absolute atomic E-state index is 0.0639. The van der Waals surface area contributed by atoms with Crippen molar-refractivity contribution in [3.05, 3.63) is 35.9 Å². The molecule has 8 nitrogen and oxygen atoms in total. The number of quaternary nitrogens is 1. The van der Waals surface area contributed by atoms with E-state index in [4.69, 9.17) is 18.5 Å². The Morgan fingerprint density at radius 2 is 1.49 bits per heavy atom. The summed E-state index contributed by atoms with van der Waals surface area (Å²) in [6.07, 6.45) is 9.07. The molecule has 0 saturated heterocycles. The first-order chi connectivity index (χ1) is 16.6. The average Bonchev–Trinajstić information content (AvgIpc) is 2.81. The summed E-state index contributed by atoms with van der Waals surface area (Å²) in [6, 6.07) is 9.51. The van der Waals surface area contributed by atoms with Gasteiger partial charge in [-0.1, -0.05) is 68.9 Å². The van der Waals surface area contributed by atoms with E-state index in [9.17, 15) is 14.3 Å². The van der Waals surface area contributed by atoms with Crippen molar-refractivity contribution in [3.8, 4) is 0 Å². The zero-order valence-electron chi connectivity index (χ0n) is 22.2. The Morgan fingerprint density at radius 1 is 0.886 bits per heavy atom. The highest BCUT2D eigenvalue weighted by molar-refractivity contribution is 7.47. The van der Waals surface area contributed by atoms with E-state index in [0.29, 0.717) is 30.7 Å². The van der Waals surface area contributed by atoms with E-state index in [0.717, 1.165) is 31.2 Å². The van der Waals surface area contributed by atoms with Crippen molar-refractivity contribution in [1.29, 1.82) is 0 Å². The normalized spacial score (nSPS) is 14.5. The van der Waals surface area contributed by atoms with Gasteiger partial charge < -0.3 is 18.9 Å². The summed E-state index contributed by atoms with van der Waals surface area (Å²) in [5.41, 5.74) is 0.813. The van der Waals surface area contributed by atoms with Crippen molar-refractivity contribution in [2.75, 3.05) is 61.2 Å². The van der Waals surface area contributed by atoms with Gasteiger partial charge in [-0.25, -0.2) is 4.57 Å². The molecule has 0 saturated carbocycles. The number of Topliss-reactive ketones (excluding diaryl/α,β-unsaturated/α-hetero) is 1. The van der Waals surface area contributed by atoms with Crippen molar-refractivity contribution < 1.29 is 37.3 Å². The molecular formula is C26H47NO7P+. The molecule has 1 aromatic carbocycles. The number of phosphoric acid groups is 1. The standard InChI is InChI=1S/C26H46NO7P/c1-27(2,3)19-21-33-35(29,30)34-23-25(31-4)22-32-20-15-10-8-6-5-7-9-14-18-26(28)24-16-12-11-13-17-24/h11-13,16-17,25H,5-10,14-15,18-23H2,1-4H3/p+1. The molecule has 0 fully saturated rings. The lowest BCUT2D eigenvalue weighted by molar-refractivity contribution is -0.870. The minimum Gasteiger partial charge on any atom is -0.379 e. The number of ether oxygens (including phenoxy) is 2. The fourth-order valence-corrected chi connectivity index (χ4v) is 4.10. The molecule has 2 unspecified atom stereocenters. The second-order valence-corrected chi connectivity index (χ2v) is 11.4. The molecule has 0 aliphatic rings. The number of carbonyl (C=O) groups excluding carboxylic acids is 1. The van der Waals surface area contributed by atoms with Crippen molar-refractivity contribution in [3.63, 3.8) is 0 Å². The highest BCUT2D eigenvalue weighted by Gasteiger charge is 2.24. The SMILES string of the molecule is COC(COCCCCCCCCCCC(=O)c1ccccc1)COP(=O)(O)OCC[N+](C)(C)C. The van der Waals surface area contributed by atoms with Crippen LogP contribution in [0.25, 0.3) is 0 Å². The number of benzene rings is 1. The van der Waals surface area contributed by atoms with E-state index in [-0.39, 0.29) is 19.0 Å². The van der Waals surface area contributed by atoms with Gasteiger partial charge in [-0.3, -0.25) is 13.8 Å². The highest BCUT2D eigenvalue weighted by atomic mass is 31.2. The first-order valence-electron chi connectivity index (χ1n) is 12.7. The first-order valence-corrected chi connectivity index (χ1v) is 14.2. The van der Waals surface area contributed by atoms with E-state index in [1.165, 1.54) is 32.8 Å². The molecule has 0 aliphatic carbocycles. The molecule has 0 aromatic heterocycles. The third-order valence-corrected chi connectivity index (χ3v) is 6.60. The number of methoxy groups -OCH3 is 1. The molecule has 9 heteroatoms. The van der Waals surface area contributed by atoms with Crippen molar-refractivity contribution >= 4 is 13.6 Å². The Labute approximate surface area is 212 Å². The second kappa shape index (κ2) is 18.2. The number of hydrogen-bond acceptors (Lipinski definition) is 6. The van der Waals surface area contributed by atoms with Crippen LogP contribution in [0.15, 0.2) is 30.3 Å². The molecule has 1 aromatic rings. The van der Waals surface area contributed by atoms with E-state index >= 15 is 0 Å². The zero-order chi connectivity index (χ0) is 26.0. The largest absolute Gasteiger partial charge is 0.472 e. The van der Waals surface area contributed by atoms with Crippen LogP contribution in [0, 0.1) is 0 Å². The number of carbonyl (C=O) groups is 1. The smallest absolute Gasteiger partial charge is 0.379 e. The van der Waals surface area contributed by atoms with Crippen LogP contribution in [0.5, 0.6) is 0 Å². The maximum absolute atomic E-state index is 12.1. The van der Waals surface area contributed by atoms with Gasteiger partial charge >= 0.3 is 7.82 Å². The van der Waals surface area contributed by atoms with Gasteiger partial charge in [-0.15, -0.1) is 0 Å². The van der Waals surface area contributed by atoms with Crippen LogP contribution >= 0.6 is 7.82 Å². The number of ketones is 1. The topological polar surface area (TPSA) is 91.3 Å². The van der Waals surface area contributed by atoms with Gasteiger partial charge in [0.05, 0.1) is 34.4 Å². The summed E-state index contributed by atoms with van der Waals surface area (Å²) in [5, 5.41) is 0. The molecule has 1 rings (SSSR count). The lowest BCUT2D eigenvalue weighted by atomic mass is 10.0. The second-order valence-electron chi connectivity index (χ2n) is 9.91. The van der Waals surface area contributed by atoms with Crippen LogP contribution in [0.1, 0.15) is 68.1 Å². The van der Waals surface area contributed by atoms with Crippen molar-refractivity contribution in [2.45, 2.75) is 63.9 Å². The summed E-state index contributed by atoms with van der Waals surface area (Å²) in [7, 11) is 3.36. The monoisotopic (exact) mass is 516 g/mol. The van der Waals surface area contributed by atoms with Gasteiger partial charge in [0.2, 0.25) is 0 Å². The molecule has 2 atom stereocenters. The molecule has 202 valence electrons. The Kier molecular flexibility index (Phi) is 16.6. The number of nitrogens with zero attached hydrogens (tertiary/aromatic N) is 1. The number of hydrogen-bond donors (Lipinski definition) is 1. The summed E-state index contributed by atoms with van der Waals surface area (Å²) in [4.78, 5) is 21.8. The molecule has 0 aliphatic heterocycles. The quantitative estimate of drug-likeness (QED) is 0.0974. The molecule has 1 N–H and O–H groups in total. The predicted octanol–water partition coefficient (Wildman–Crippen LogP) is 5.25. The third kappa shape index (κ3) is 17.9. The average molecular weight is 517 g/mol. The summed E-state index contributed by atoms with van der Waals surface area (Å²) in [5.74, 6) is 0.238. The third-order valence-electron chi connectivity index (χ3n) is 5.62. The summed E-state index contributed by atoms with van der Waals surface area (Å²) >= 11 is 0. The Hall–Kier alpha value is -1.12. The number of likely N-dealkylation sites (N-methyl/N-ethyl adjacent to an activating group) is 1. The Morgan fingerprint density at radius 3 is 2.09 bits per heavy atom. The summed E-state index contributed by atoms with van der Waals surface area (Å²) < 4.78 is 33.6. The van der Waals surface area contributed by atoms with Gasteiger partial charge in [0.25, 0.3) is 0 Å². The molecule has 0 spiro atoms. The highest BCUT2D eigenvalue weighted by Crippen LogP contribution is 2.43. The maximum atomic E-state index is 12.1. The van der Waals surface area contributed by atoms with Gasteiger partial charge in [-0.2, -0.15) is 0 Å². The van der Waals surface area contributed by atoms with Gasteiger partial charge in [0.1, 0.15) is 19.3 Å². The fraction of sp³-hybridized carbons (Fsp3) is 0.731. The van der Waals surface area contributed by atoms with Crippen LogP contribution in [0.4, 0.5) is 0 Å². The molecular weight excluding hydrogens is 469 g/mol. The lowest BCUT2D eigenvalue weighted by Gasteiger charge is -2.24. The zero-order valence-corrected chi connectivity index (χ0v) is 23.0. The van der Waals surface area contributed by atoms with Gasteiger partial charge in [-0.05, 0) is 12.8 Å². The number of unbranched alkanes of at least 4 members (excludes halogenated alkanes) is 7.